The summed E-state index contributed by atoms with van der Waals surface area (Å²) < 4.78 is 5.20. The van der Waals surface area contributed by atoms with E-state index in [0.717, 1.165) is 17.0 Å². The molecule has 0 aliphatic heterocycles. The number of ether oxygens (including phenoxy) is 1. The summed E-state index contributed by atoms with van der Waals surface area (Å²) in [6.07, 6.45) is 14.3. The lowest BCUT2D eigenvalue weighted by Crippen LogP contribution is -2.95. The molecule has 0 unspecified atom stereocenters. The van der Waals surface area contributed by atoms with Crippen LogP contribution in [-0.2, 0) is 9.53 Å². The Morgan fingerprint density at radius 3 is 1.97 bits per heavy atom. The average molecular weight is 453 g/mol. The maximum absolute atomic E-state index is 12.0. The summed E-state index contributed by atoms with van der Waals surface area (Å²) in [6, 6.07) is 4.31. The normalized spacial score (nSPS) is 19.1. The molecule has 0 aromatic carbocycles. The number of hydrogen-bond donors (Lipinski definition) is 1. The molecule has 2 aliphatic rings. The van der Waals surface area contributed by atoms with Gasteiger partial charge in [-0.1, -0.05) is 12.8 Å². The molecule has 0 radical (unpaired) electrons. The van der Waals surface area contributed by atoms with Crippen LogP contribution in [0.25, 0.3) is 0 Å². The zero-order valence-electron chi connectivity index (χ0n) is 19.6. The molecule has 0 saturated heterocycles. The van der Waals surface area contributed by atoms with E-state index in [1.54, 1.807) is 38.3 Å². The molecule has 2 fully saturated rings. The van der Waals surface area contributed by atoms with Gasteiger partial charge in [0.25, 0.3) is 0 Å². The molecule has 1 heterocycles. The molecular formula is C24H40N2O4S. The molecule has 7 heteroatoms. The Labute approximate surface area is 191 Å². The van der Waals surface area contributed by atoms with Crippen LogP contribution >= 0.6 is 11.3 Å². The highest BCUT2D eigenvalue weighted by Gasteiger charge is 2.28. The first-order chi connectivity index (χ1) is 14.7. The van der Waals surface area contributed by atoms with Crippen LogP contribution in [0.5, 0.6) is 0 Å². The van der Waals surface area contributed by atoms with Crippen molar-refractivity contribution in [2.45, 2.75) is 116 Å². The number of hydrogen-bond acceptors (Lipinski definition) is 5. The number of quaternary nitrogens is 1. The van der Waals surface area contributed by atoms with Gasteiger partial charge in [0.05, 0.1) is 24.1 Å². The molecule has 0 spiro atoms. The number of rotatable bonds is 5. The van der Waals surface area contributed by atoms with Gasteiger partial charge in [0.15, 0.2) is 0 Å². The van der Waals surface area contributed by atoms with Gasteiger partial charge in [-0.2, -0.15) is 0 Å². The minimum Gasteiger partial charge on any atom is -0.548 e. The summed E-state index contributed by atoms with van der Waals surface area (Å²) in [5, 5.41) is 15.9. The number of nitrogens with zero attached hydrogens (tertiary/aromatic N) is 1. The van der Waals surface area contributed by atoms with Crippen molar-refractivity contribution >= 4 is 28.4 Å². The number of carboxylic acids is 1. The fourth-order valence-electron chi connectivity index (χ4n) is 4.30. The van der Waals surface area contributed by atoms with Crippen molar-refractivity contribution in [3.8, 4) is 0 Å². The van der Waals surface area contributed by atoms with E-state index in [1.807, 2.05) is 0 Å². The zero-order valence-corrected chi connectivity index (χ0v) is 20.4. The third-order valence-electron chi connectivity index (χ3n) is 5.91. The van der Waals surface area contributed by atoms with Gasteiger partial charge in [-0.15, -0.1) is 11.3 Å². The van der Waals surface area contributed by atoms with Crippen LogP contribution in [-0.4, -0.2) is 35.8 Å². The quantitative estimate of drug-likeness (QED) is 0.735. The second kappa shape index (κ2) is 12.4. The fraction of sp³-hybridized carbons (Fsp3) is 0.750. The highest BCUT2D eigenvalue weighted by atomic mass is 32.1. The Balaban J connectivity index is 0.000000231. The molecule has 1 aromatic rings. The molecule has 2 N–H and O–H groups in total. The molecule has 3 rings (SSSR count). The van der Waals surface area contributed by atoms with E-state index in [1.165, 1.54) is 82.5 Å². The Kier molecular flexibility index (Phi) is 10.3. The van der Waals surface area contributed by atoms with Crippen molar-refractivity contribution in [2.75, 3.05) is 4.90 Å². The van der Waals surface area contributed by atoms with Crippen molar-refractivity contribution in [1.29, 1.82) is 0 Å². The molecule has 1 atom stereocenters. The number of carbonyl (C=O) groups excluding carboxylic acids is 2. The number of carboxylic acid groups (broad SMARTS) is 1. The van der Waals surface area contributed by atoms with E-state index in [9.17, 15) is 14.7 Å². The van der Waals surface area contributed by atoms with Crippen LogP contribution in [0, 0.1) is 0 Å². The maximum Gasteiger partial charge on any atom is 0.416 e. The number of nitrogens with two attached hydrogens (primary N) is 1. The minimum atomic E-state index is -1.32. The van der Waals surface area contributed by atoms with Gasteiger partial charge in [0.1, 0.15) is 10.6 Å². The Bertz CT molecular complexity index is 644. The van der Waals surface area contributed by atoms with Crippen molar-refractivity contribution in [2.24, 2.45) is 0 Å². The van der Waals surface area contributed by atoms with Crippen LogP contribution in [0.3, 0.4) is 0 Å². The second-order valence-corrected chi connectivity index (χ2v) is 10.7. The maximum atomic E-state index is 12.0. The lowest BCUT2D eigenvalue weighted by atomic mass is 9.91. The number of amides is 1. The first kappa shape index (κ1) is 25.7. The van der Waals surface area contributed by atoms with Gasteiger partial charge in [-0.25, -0.2) is 4.79 Å². The van der Waals surface area contributed by atoms with Crippen molar-refractivity contribution in [3.63, 3.8) is 0 Å². The molecule has 31 heavy (non-hydrogen) atoms. The molecule has 0 bridgehead atoms. The first-order valence-corrected chi connectivity index (χ1v) is 12.7. The highest BCUT2D eigenvalue weighted by Crippen LogP contribution is 2.25. The van der Waals surface area contributed by atoms with E-state index in [2.05, 4.69) is 5.32 Å². The minimum absolute atomic E-state index is 0.515. The van der Waals surface area contributed by atoms with Gasteiger partial charge in [0.2, 0.25) is 0 Å². The lowest BCUT2D eigenvalue weighted by Gasteiger charge is -2.31. The standard InChI is InChI=1S/C12H17NO4S.C12H23N/c1-8(10(14)15)13(9-6-5-7-18-9)11(16)17-12(2,3)4;1-3-7-11(8-4-1)13-12-9-5-2-6-10-12/h5-8H,1-4H3,(H,14,15);11-13H,1-10H2/t8-;/m1./s1. The number of carbonyl (C=O) groups is 2. The zero-order chi connectivity index (χ0) is 22.9. The van der Waals surface area contributed by atoms with Crippen LogP contribution in [0.4, 0.5) is 9.80 Å². The molecule has 2 aliphatic carbocycles. The molecule has 6 nitrogen and oxygen atoms in total. The molecule has 2 saturated carbocycles. The predicted octanol–water partition coefficient (Wildman–Crippen LogP) is 3.84. The van der Waals surface area contributed by atoms with Gasteiger partial charge in [0, 0.05) is 0 Å². The van der Waals surface area contributed by atoms with Gasteiger partial charge >= 0.3 is 6.09 Å². The Morgan fingerprint density at radius 2 is 1.58 bits per heavy atom. The van der Waals surface area contributed by atoms with Gasteiger partial charge in [-0.05, 0) is 96.6 Å². The Morgan fingerprint density at radius 1 is 1.06 bits per heavy atom. The highest BCUT2D eigenvalue weighted by molar-refractivity contribution is 7.14. The summed E-state index contributed by atoms with van der Waals surface area (Å²) in [5.41, 5.74) is -0.682. The molecule has 1 amide bonds. The second-order valence-electron chi connectivity index (χ2n) is 9.79. The third kappa shape index (κ3) is 9.19. The summed E-state index contributed by atoms with van der Waals surface area (Å²) >= 11 is 1.27. The first-order valence-electron chi connectivity index (χ1n) is 11.8. The van der Waals surface area contributed by atoms with Crippen molar-refractivity contribution in [1.82, 2.24) is 0 Å². The van der Waals surface area contributed by atoms with Gasteiger partial charge in [-0.3, -0.25) is 4.90 Å². The van der Waals surface area contributed by atoms with E-state index in [-0.39, 0.29) is 0 Å². The predicted molar refractivity (Wildman–Crippen MR) is 123 cm³/mol. The Hall–Kier alpha value is -1.60. The average Bonchev–Trinajstić information content (AvgIpc) is 3.23. The van der Waals surface area contributed by atoms with E-state index >= 15 is 0 Å². The number of thiophene rings is 1. The fourth-order valence-corrected chi connectivity index (χ4v) is 5.10. The molecule has 1 aromatic heterocycles. The smallest absolute Gasteiger partial charge is 0.416 e. The van der Waals surface area contributed by atoms with Crippen LogP contribution in [0.1, 0.15) is 91.9 Å². The SMILES string of the molecule is C1CCC([NH2+]C2CCCCC2)CC1.C[C@H](C(=O)[O-])N(C(=O)OC(C)(C)C)c1cccs1. The van der Waals surface area contributed by atoms with E-state index < -0.39 is 23.7 Å². The topological polar surface area (TPSA) is 86.3 Å². The number of anilines is 1. The van der Waals surface area contributed by atoms with Crippen molar-refractivity contribution < 1.29 is 24.7 Å². The van der Waals surface area contributed by atoms with Crippen LogP contribution in [0.2, 0.25) is 0 Å². The largest absolute Gasteiger partial charge is 0.548 e. The summed E-state index contributed by atoms with van der Waals surface area (Å²) in [5.74, 6) is -1.32. The van der Waals surface area contributed by atoms with Gasteiger partial charge < -0.3 is 20.0 Å². The van der Waals surface area contributed by atoms with Crippen LogP contribution < -0.4 is 15.3 Å². The number of aliphatic carboxylic acids is 1. The summed E-state index contributed by atoms with van der Waals surface area (Å²) in [7, 11) is 0. The third-order valence-corrected chi connectivity index (χ3v) is 6.77. The lowest BCUT2D eigenvalue weighted by molar-refractivity contribution is -0.725. The monoisotopic (exact) mass is 452 g/mol. The molecule has 176 valence electrons. The van der Waals surface area contributed by atoms with Crippen molar-refractivity contribution in [3.05, 3.63) is 17.5 Å². The van der Waals surface area contributed by atoms with E-state index in [0.29, 0.717) is 5.00 Å². The summed E-state index contributed by atoms with van der Waals surface area (Å²) in [6.45, 7) is 6.56. The van der Waals surface area contributed by atoms with E-state index in [4.69, 9.17) is 4.74 Å². The van der Waals surface area contributed by atoms with Crippen LogP contribution in [0.15, 0.2) is 17.5 Å². The molecular weight excluding hydrogens is 412 g/mol. The summed E-state index contributed by atoms with van der Waals surface area (Å²) in [4.78, 5) is 24.1.